The molecule has 0 aromatic heterocycles. The van der Waals surface area contributed by atoms with Crippen molar-refractivity contribution in [3.05, 3.63) is 0 Å². The van der Waals surface area contributed by atoms with Gasteiger partial charge in [0.05, 0.1) is 6.10 Å². The molecule has 2 nitrogen and oxygen atoms in total. The van der Waals surface area contributed by atoms with E-state index in [1.807, 2.05) is 7.05 Å². The maximum atomic E-state index is 9.45. The van der Waals surface area contributed by atoms with E-state index in [4.69, 9.17) is 0 Å². The number of rotatable bonds is 5. The normalized spacial score (nSPS) is 21.5. The van der Waals surface area contributed by atoms with Gasteiger partial charge < -0.3 is 10.4 Å². The summed E-state index contributed by atoms with van der Waals surface area (Å²) in [5.74, 6) is 0.913. The van der Waals surface area contributed by atoms with Crippen LogP contribution in [-0.2, 0) is 0 Å². The van der Waals surface area contributed by atoms with E-state index in [2.05, 4.69) is 5.32 Å². The van der Waals surface area contributed by atoms with Gasteiger partial charge in [0.2, 0.25) is 0 Å². The van der Waals surface area contributed by atoms with Gasteiger partial charge in [-0.15, -0.1) is 0 Å². The average molecular weight is 171 g/mol. The zero-order valence-electron chi connectivity index (χ0n) is 8.05. The van der Waals surface area contributed by atoms with Crippen LogP contribution in [0.2, 0.25) is 0 Å². The lowest BCUT2D eigenvalue weighted by Crippen LogP contribution is -2.23. The molecule has 1 aliphatic carbocycles. The average Bonchev–Trinajstić information content (AvgIpc) is 2.53. The zero-order chi connectivity index (χ0) is 8.81. The van der Waals surface area contributed by atoms with E-state index in [0.717, 1.165) is 18.9 Å². The molecule has 1 unspecified atom stereocenters. The zero-order valence-corrected chi connectivity index (χ0v) is 8.05. The number of likely N-dealkylation sites (N-methyl/N-ethyl adjacent to an activating group) is 1. The SMILES string of the molecule is CNCC(O)CCC1CCCC1. The highest BCUT2D eigenvalue weighted by Crippen LogP contribution is 2.28. The van der Waals surface area contributed by atoms with Crippen LogP contribution in [0.1, 0.15) is 38.5 Å². The second-order valence-electron chi connectivity index (χ2n) is 3.94. The minimum absolute atomic E-state index is 0.129. The monoisotopic (exact) mass is 171 g/mol. The summed E-state index contributed by atoms with van der Waals surface area (Å²) in [6, 6.07) is 0. The third-order valence-electron chi connectivity index (χ3n) is 2.82. The smallest absolute Gasteiger partial charge is 0.0664 e. The summed E-state index contributed by atoms with van der Waals surface area (Å²) < 4.78 is 0. The van der Waals surface area contributed by atoms with Gasteiger partial charge in [-0.25, -0.2) is 0 Å². The fourth-order valence-electron chi connectivity index (χ4n) is 2.06. The first-order valence-corrected chi connectivity index (χ1v) is 5.15. The second-order valence-corrected chi connectivity index (χ2v) is 3.94. The molecule has 0 amide bonds. The fourth-order valence-corrected chi connectivity index (χ4v) is 2.06. The summed E-state index contributed by atoms with van der Waals surface area (Å²) in [5.41, 5.74) is 0. The molecule has 0 aromatic rings. The predicted octanol–water partition coefficient (Wildman–Crippen LogP) is 1.54. The van der Waals surface area contributed by atoms with Crippen LogP contribution < -0.4 is 5.32 Å². The maximum Gasteiger partial charge on any atom is 0.0664 e. The molecule has 1 saturated carbocycles. The summed E-state index contributed by atoms with van der Waals surface area (Å²) >= 11 is 0. The van der Waals surface area contributed by atoms with Crippen LogP contribution in [0.5, 0.6) is 0 Å². The van der Waals surface area contributed by atoms with Crippen molar-refractivity contribution in [2.45, 2.75) is 44.6 Å². The van der Waals surface area contributed by atoms with Crippen molar-refractivity contribution in [2.24, 2.45) is 5.92 Å². The number of hydrogen-bond donors (Lipinski definition) is 2. The molecule has 0 spiro atoms. The molecule has 0 saturated heterocycles. The Bertz CT molecular complexity index is 110. The molecule has 12 heavy (non-hydrogen) atoms. The molecule has 1 fully saturated rings. The Labute approximate surface area is 75.4 Å². The van der Waals surface area contributed by atoms with Gasteiger partial charge in [0, 0.05) is 6.54 Å². The van der Waals surface area contributed by atoms with Gasteiger partial charge in [-0.3, -0.25) is 0 Å². The van der Waals surface area contributed by atoms with Crippen LogP contribution in [0.4, 0.5) is 0 Å². The lowest BCUT2D eigenvalue weighted by Gasteiger charge is -2.12. The number of aliphatic hydroxyl groups is 1. The van der Waals surface area contributed by atoms with Gasteiger partial charge in [-0.1, -0.05) is 25.7 Å². The Balaban J connectivity index is 1.99. The lowest BCUT2D eigenvalue weighted by molar-refractivity contribution is 0.154. The van der Waals surface area contributed by atoms with Gasteiger partial charge in [0.1, 0.15) is 0 Å². The van der Waals surface area contributed by atoms with Crippen molar-refractivity contribution >= 4 is 0 Å². The first-order chi connectivity index (χ1) is 5.83. The van der Waals surface area contributed by atoms with E-state index in [9.17, 15) is 5.11 Å². The maximum absolute atomic E-state index is 9.45. The third-order valence-corrected chi connectivity index (χ3v) is 2.82. The van der Waals surface area contributed by atoms with Gasteiger partial charge in [0.15, 0.2) is 0 Å². The highest BCUT2D eigenvalue weighted by molar-refractivity contribution is 4.69. The molecule has 0 heterocycles. The van der Waals surface area contributed by atoms with E-state index in [-0.39, 0.29) is 6.10 Å². The third kappa shape index (κ3) is 3.55. The number of aliphatic hydroxyl groups excluding tert-OH is 1. The minimum Gasteiger partial charge on any atom is -0.392 e. The van der Waals surface area contributed by atoms with E-state index >= 15 is 0 Å². The van der Waals surface area contributed by atoms with Crippen LogP contribution in [0, 0.1) is 5.92 Å². The van der Waals surface area contributed by atoms with Gasteiger partial charge >= 0.3 is 0 Å². The lowest BCUT2D eigenvalue weighted by atomic mass is 10.00. The van der Waals surface area contributed by atoms with E-state index in [0.29, 0.717) is 0 Å². The largest absolute Gasteiger partial charge is 0.392 e. The van der Waals surface area contributed by atoms with Gasteiger partial charge in [0.25, 0.3) is 0 Å². The summed E-state index contributed by atoms with van der Waals surface area (Å²) in [6.07, 6.45) is 7.68. The standard InChI is InChI=1S/C10H21NO/c1-11-8-10(12)7-6-9-4-2-3-5-9/h9-12H,2-8H2,1H3. The molecule has 1 aliphatic rings. The van der Waals surface area contributed by atoms with Crippen molar-refractivity contribution in [3.63, 3.8) is 0 Å². The van der Waals surface area contributed by atoms with Gasteiger partial charge in [-0.05, 0) is 25.8 Å². The minimum atomic E-state index is -0.129. The highest BCUT2D eigenvalue weighted by atomic mass is 16.3. The molecule has 72 valence electrons. The Morgan fingerprint density at radius 1 is 1.42 bits per heavy atom. The molecular weight excluding hydrogens is 150 g/mol. The first-order valence-electron chi connectivity index (χ1n) is 5.15. The Morgan fingerprint density at radius 2 is 2.08 bits per heavy atom. The molecule has 2 heteroatoms. The Kier molecular flexibility index (Phi) is 4.62. The quantitative estimate of drug-likeness (QED) is 0.657. The predicted molar refractivity (Wildman–Crippen MR) is 51.1 cm³/mol. The molecule has 0 aromatic carbocycles. The van der Waals surface area contributed by atoms with E-state index < -0.39 is 0 Å². The Hall–Kier alpha value is -0.0800. The van der Waals surface area contributed by atoms with Crippen molar-refractivity contribution in [3.8, 4) is 0 Å². The Morgan fingerprint density at radius 3 is 2.67 bits per heavy atom. The van der Waals surface area contributed by atoms with Crippen molar-refractivity contribution in [1.82, 2.24) is 5.32 Å². The molecular formula is C10H21NO. The topological polar surface area (TPSA) is 32.3 Å². The molecule has 1 rings (SSSR count). The highest BCUT2D eigenvalue weighted by Gasteiger charge is 2.15. The molecule has 0 radical (unpaired) electrons. The van der Waals surface area contributed by atoms with Crippen LogP contribution in [0.3, 0.4) is 0 Å². The summed E-state index contributed by atoms with van der Waals surface area (Å²) in [5, 5.41) is 12.4. The van der Waals surface area contributed by atoms with Gasteiger partial charge in [-0.2, -0.15) is 0 Å². The second kappa shape index (κ2) is 5.55. The fraction of sp³-hybridized carbons (Fsp3) is 1.00. The summed E-state index contributed by atoms with van der Waals surface area (Å²) in [7, 11) is 1.89. The van der Waals surface area contributed by atoms with Crippen LogP contribution in [0.15, 0.2) is 0 Å². The van der Waals surface area contributed by atoms with Crippen molar-refractivity contribution < 1.29 is 5.11 Å². The molecule has 0 aliphatic heterocycles. The number of hydrogen-bond acceptors (Lipinski definition) is 2. The van der Waals surface area contributed by atoms with E-state index in [1.165, 1.54) is 32.1 Å². The summed E-state index contributed by atoms with van der Waals surface area (Å²) in [6.45, 7) is 0.743. The molecule has 0 bridgehead atoms. The van der Waals surface area contributed by atoms with Crippen molar-refractivity contribution in [2.75, 3.05) is 13.6 Å². The molecule has 1 atom stereocenters. The first kappa shape index (κ1) is 10.0. The number of nitrogens with one attached hydrogen (secondary N) is 1. The summed E-state index contributed by atoms with van der Waals surface area (Å²) in [4.78, 5) is 0. The molecule has 2 N–H and O–H groups in total. The van der Waals surface area contributed by atoms with Crippen LogP contribution >= 0.6 is 0 Å². The van der Waals surface area contributed by atoms with Crippen LogP contribution in [0.25, 0.3) is 0 Å². The van der Waals surface area contributed by atoms with E-state index in [1.54, 1.807) is 0 Å². The van der Waals surface area contributed by atoms with Crippen LogP contribution in [-0.4, -0.2) is 24.8 Å². The van der Waals surface area contributed by atoms with Crippen molar-refractivity contribution in [1.29, 1.82) is 0 Å².